The van der Waals surface area contributed by atoms with Gasteiger partial charge in [0.15, 0.2) is 11.5 Å². The van der Waals surface area contributed by atoms with Crippen LogP contribution in [0.2, 0.25) is 0 Å². The fourth-order valence-corrected chi connectivity index (χ4v) is 2.53. The highest BCUT2D eigenvalue weighted by Gasteiger charge is 2.18. The Morgan fingerprint density at radius 1 is 1.25 bits per heavy atom. The summed E-state index contributed by atoms with van der Waals surface area (Å²) in [6.45, 7) is 0.249. The Balaban J connectivity index is 2.00. The van der Waals surface area contributed by atoms with E-state index in [9.17, 15) is 0 Å². The molecule has 0 bridgehead atoms. The van der Waals surface area contributed by atoms with E-state index in [2.05, 4.69) is 5.32 Å². The first-order valence-electron chi connectivity index (χ1n) is 7.16. The van der Waals surface area contributed by atoms with E-state index < -0.39 is 0 Å². The zero-order valence-electron chi connectivity index (χ0n) is 12.0. The van der Waals surface area contributed by atoms with E-state index in [0.717, 1.165) is 31.4 Å². The van der Waals surface area contributed by atoms with Crippen LogP contribution in [-0.4, -0.2) is 37.5 Å². The van der Waals surface area contributed by atoms with Gasteiger partial charge in [0.05, 0.1) is 13.7 Å². The van der Waals surface area contributed by atoms with Crippen molar-refractivity contribution in [1.29, 1.82) is 0 Å². The molecule has 0 aliphatic heterocycles. The number of benzene rings is 1. The summed E-state index contributed by atoms with van der Waals surface area (Å²) in [7, 11) is 1.61. The monoisotopic (exact) mass is 280 g/mol. The maximum Gasteiger partial charge on any atom is 0.163 e. The van der Waals surface area contributed by atoms with Crippen molar-refractivity contribution >= 4 is 5.69 Å². The highest BCUT2D eigenvalue weighted by atomic mass is 16.5. The zero-order valence-corrected chi connectivity index (χ0v) is 12.0. The molecule has 0 heterocycles. The van der Waals surface area contributed by atoms with Gasteiger partial charge in [-0.1, -0.05) is 0 Å². The number of aliphatic hydroxyl groups is 1. The second-order valence-electron chi connectivity index (χ2n) is 5.19. The van der Waals surface area contributed by atoms with Gasteiger partial charge in [0.2, 0.25) is 0 Å². The Kier molecular flexibility index (Phi) is 5.49. The highest BCUT2D eigenvalue weighted by molar-refractivity contribution is 5.55. The minimum Gasteiger partial charge on any atom is -0.493 e. The lowest BCUT2D eigenvalue weighted by Crippen LogP contribution is -2.32. The van der Waals surface area contributed by atoms with Gasteiger partial charge in [-0.3, -0.25) is 0 Å². The Labute approximate surface area is 120 Å². The summed E-state index contributed by atoms with van der Waals surface area (Å²) in [6, 6.07) is 6.60. The number of hydrogen-bond donors (Lipinski definition) is 3. The van der Waals surface area contributed by atoms with Crippen molar-refractivity contribution < 1.29 is 14.6 Å². The third-order valence-corrected chi connectivity index (χ3v) is 3.66. The molecule has 0 aromatic heterocycles. The Morgan fingerprint density at radius 2 is 2.00 bits per heavy atom. The van der Waals surface area contributed by atoms with E-state index in [0.29, 0.717) is 23.6 Å². The van der Waals surface area contributed by atoms with Crippen LogP contribution < -0.4 is 20.5 Å². The van der Waals surface area contributed by atoms with E-state index in [1.807, 2.05) is 18.2 Å². The lowest BCUT2D eigenvalue weighted by Gasteiger charge is -2.27. The molecule has 5 nitrogen and oxygen atoms in total. The molecule has 0 unspecified atom stereocenters. The van der Waals surface area contributed by atoms with Crippen LogP contribution in [0.25, 0.3) is 0 Å². The fraction of sp³-hybridized carbons (Fsp3) is 0.600. The smallest absolute Gasteiger partial charge is 0.163 e. The normalized spacial score (nSPS) is 22.4. The maximum absolute atomic E-state index is 8.85. The van der Waals surface area contributed by atoms with Gasteiger partial charge < -0.3 is 25.6 Å². The molecule has 0 spiro atoms. The van der Waals surface area contributed by atoms with Crippen LogP contribution in [0.15, 0.2) is 18.2 Å². The summed E-state index contributed by atoms with van der Waals surface area (Å²) in [5.74, 6) is 1.33. The molecule has 112 valence electrons. The van der Waals surface area contributed by atoms with E-state index >= 15 is 0 Å². The summed E-state index contributed by atoms with van der Waals surface area (Å²) in [5, 5.41) is 12.4. The number of nitrogens with two attached hydrogens (primary N) is 1. The third kappa shape index (κ3) is 4.02. The lowest BCUT2D eigenvalue weighted by molar-refractivity contribution is 0.196. The Bertz CT molecular complexity index is 418. The molecule has 2 rings (SSSR count). The molecule has 5 heteroatoms. The van der Waals surface area contributed by atoms with Crippen molar-refractivity contribution in [3.63, 3.8) is 0 Å². The van der Waals surface area contributed by atoms with Gasteiger partial charge in [0.25, 0.3) is 0 Å². The van der Waals surface area contributed by atoms with Crippen LogP contribution in [0, 0.1) is 0 Å². The van der Waals surface area contributed by atoms with Crippen molar-refractivity contribution in [1.82, 2.24) is 0 Å². The Hall–Kier alpha value is -1.46. The van der Waals surface area contributed by atoms with Gasteiger partial charge in [-0.15, -0.1) is 0 Å². The summed E-state index contributed by atoms with van der Waals surface area (Å²) >= 11 is 0. The number of anilines is 1. The van der Waals surface area contributed by atoms with Crippen molar-refractivity contribution in [2.45, 2.75) is 37.8 Å². The van der Waals surface area contributed by atoms with Gasteiger partial charge in [0, 0.05) is 23.8 Å². The molecule has 1 aromatic rings. The van der Waals surface area contributed by atoms with Gasteiger partial charge in [-0.2, -0.15) is 0 Å². The molecule has 1 aliphatic carbocycles. The van der Waals surface area contributed by atoms with Crippen LogP contribution >= 0.6 is 0 Å². The van der Waals surface area contributed by atoms with Crippen molar-refractivity contribution in [2.75, 3.05) is 25.6 Å². The molecular weight excluding hydrogens is 256 g/mol. The maximum atomic E-state index is 8.85. The number of hydrogen-bond acceptors (Lipinski definition) is 5. The minimum atomic E-state index is -0.0126. The number of ether oxygens (including phenoxy) is 2. The quantitative estimate of drug-likeness (QED) is 0.740. The predicted octanol–water partition coefficient (Wildman–Crippen LogP) is 1.75. The van der Waals surface area contributed by atoms with E-state index in [1.165, 1.54) is 0 Å². The molecule has 4 N–H and O–H groups in total. The third-order valence-electron chi connectivity index (χ3n) is 3.66. The van der Waals surface area contributed by atoms with Crippen LogP contribution in [0.1, 0.15) is 25.7 Å². The van der Waals surface area contributed by atoms with Gasteiger partial charge in [-0.05, 0) is 37.8 Å². The van der Waals surface area contributed by atoms with E-state index in [1.54, 1.807) is 7.11 Å². The summed E-state index contributed by atoms with van der Waals surface area (Å²) in [4.78, 5) is 0. The average molecular weight is 280 g/mol. The first-order chi connectivity index (χ1) is 9.72. The average Bonchev–Trinajstić information content (AvgIpc) is 2.47. The molecular formula is C15H24N2O3. The molecule has 0 radical (unpaired) electrons. The molecule has 1 fully saturated rings. The van der Waals surface area contributed by atoms with Crippen LogP contribution in [0.5, 0.6) is 11.5 Å². The Morgan fingerprint density at radius 3 is 2.65 bits per heavy atom. The second kappa shape index (κ2) is 7.36. The summed E-state index contributed by atoms with van der Waals surface area (Å²) < 4.78 is 10.7. The van der Waals surface area contributed by atoms with E-state index in [-0.39, 0.29) is 13.2 Å². The summed E-state index contributed by atoms with van der Waals surface area (Å²) in [5.41, 5.74) is 6.93. The molecule has 0 saturated heterocycles. The molecule has 0 amide bonds. The van der Waals surface area contributed by atoms with Crippen LogP contribution in [0.4, 0.5) is 5.69 Å². The van der Waals surface area contributed by atoms with Gasteiger partial charge in [0.1, 0.15) is 6.61 Å². The predicted molar refractivity (Wildman–Crippen MR) is 79.4 cm³/mol. The molecule has 1 aromatic carbocycles. The first-order valence-corrected chi connectivity index (χ1v) is 7.16. The summed E-state index contributed by atoms with van der Waals surface area (Å²) in [6.07, 6.45) is 4.34. The zero-order chi connectivity index (χ0) is 14.4. The molecule has 0 atom stereocenters. The van der Waals surface area contributed by atoms with Gasteiger partial charge >= 0.3 is 0 Å². The van der Waals surface area contributed by atoms with Gasteiger partial charge in [-0.25, -0.2) is 0 Å². The van der Waals surface area contributed by atoms with Crippen molar-refractivity contribution in [3.8, 4) is 11.5 Å². The standard InChI is InChI=1S/C15H24N2O3/c1-19-14-7-6-13(10-15(14)20-9-8-18)17-12-4-2-11(16)3-5-12/h6-7,10-12,17-18H,2-5,8-9,16H2,1H3. The van der Waals surface area contributed by atoms with Crippen LogP contribution in [0.3, 0.4) is 0 Å². The fourth-order valence-electron chi connectivity index (χ4n) is 2.53. The van der Waals surface area contributed by atoms with E-state index in [4.69, 9.17) is 20.3 Å². The number of nitrogens with one attached hydrogen (secondary N) is 1. The van der Waals surface area contributed by atoms with Crippen molar-refractivity contribution in [3.05, 3.63) is 18.2 Å². The van der Waals surface area contributed by atoms with Crippen LogP contribution in [-0.2, 0) is 0 Å². The molecule has 20 heavy (non-hydrogen) atoms. The number of rotatable bonds is 6. The second-order valence-corrected chi connectivity index (χ2v) is 5.19. The SMILES string of the molecule is COc1ccc(NC2CCC(N)CC2)cc1OCCO. The minimum absolute atomic E-state index is 0.0126. The largest absolute Gasteiger partial charge is 0.493 e. The number of aliphatic hydroxyl groups excluding tert-OH is 1. The molecule has 1 saturated carbocycles. The topological polar surface area (TPSA) is 76.7 Å². The highest BCUT2D eigenvalue weighted by Crippen LogP contribution is 2.31. The number of methoxy groups -OCH3 is 1. The molecule has 1 aliphatic rings. The first kappa shape index (κ1) is 14.9. The van der Waals surface area contributed by atoms with Crippen molar-refractivity contribution in [2.24, 2.45) is 5.73 Å². The lowest BCUT2D eigenvalue weighted by atomic mass is 9.91.